The molecule has 5 aliphatic rings. The fourth-order valence-electron chi connectivity index (χ4n) is 6.86. The van der Waals surface area contributed by atoms with Crippen LogP contribution in [0.1, 0.15) is 57.8 Å². The third-order valence-electron chi connectivity index (χ3n) is 8.38. The number of fused-ring (bicyclic) bond motifs is 3. The first-order valence-electron chi connectivity index (χ1n) is 11.0. The van der Waals surface area contributed by atoms with Crippen LogP contribution >= 0.6 is 34.8 Å². The summed E-state index contributed by atoms with van der Waals surface area (Å²) in [6.07, 6.45) is 10.8. The minimum absolute atomic E-state index is 0.0532. The van der Waals surface area contributed by atoms with E-state index in [1.807, 2.05) is 0 Å². The number of hydrogen-bond donors (Lipinski definition) is 1. The molecule has 6 heteroatoms. The lowest BCUT2D eigenvalue weighted by Crippen LogP contribution is -2.55. The molecule has 8 atom stereocenters. The molecule has 3 heterocycles. The van der Waals surface area contributed by atoms with Crippen LogP contribution in [-0.2, 0) is 0 Å². The molecular weight excluding hydrogens is 401 g/mol. The Labute approximate surface area is 178 Å². The van der Waals surface area contributed by atoms with Gasteiger partial charge in [-0.15, -0.1) is 34.8 Å². The summed E-state index contributed by atoms with van der Waals surface area (Å²) < 4.78 is 0. The molecule has 3 nitrogen and oxygen atoms in total. The van der Waals surface area contributed by atoms with Crippen LogP contribution in [0.4, 0.5) is 0 Å². The summed E-state index contributed by atoms with van der Waals surface area (Å²) in [5, 5.41) is 4.36. The molecule has 0 aromatic carbocycles. The summed E-state index contributed by atoms with van der Waals surface area (Å²) in [6, 6.07) is 2.13. The Morgan fingerprint density at radius 3 is 2.44 bits per heavy atom. The molecule has 0 spiro atoms. The van der Waals surface area contributed by atoms with Gasteiger partial charge in [-0.3, -0.25) is 9.89 Å². The van der Waals surface area contributed by atoms with Crippen molar-refractivity contribution in [2.75, 3.05) is 7.05 Å². The van der Waals surface area contributed by atoms with Crippen molar-refractivity contribution in [2.24, 2.45) is 22.7 Å². The molecule has 1 N–H and O–H groups in total. The Morgan fingerprint density at radius 1 is 0.926 bits per heavy atom. The number of halogens is 3. The third kappa shape index (κ3) is 3.43. The molecular formula is C21H32Cl3N3. The Balaban J connectivity index is 1.40. The molecule has 2 saturated carbocycles. The molecule has 27 heavy (non-hydrogen) atoms. The Hall–Kier alpha value is 0.300. The highest BCUT2D eigenvalue weighted by atomic mass is 35.5. The van der Waals surface area contributed by atoms with Crippen LogP contribution in [0.3, 0.4) is 0 Å². The van der Waals surface area contributed by atoms with Crippen molar-refractivity contribution < 1.29 is 0 Å². The van der Waals surface area contributed by atoms with E-state index in [-0.39, 0.29) is 10.8 Å². The standard InChI is InChI=1S/C21H32Cl3N3/c1-27-13-6-7-19(27)20(14(8-13)11-2-4-12(22)5-3-11)21-25-17-9-15(23)16(24)10-18(17)26-21/h11-20H,2-10H2,1H3,(H,25,26)/t11?,12?,13-,14-,15?,16?,17?,18?,19?,20+/m1/s1. The summed E-state index contributed by atoms with van der Waals surface area (Å²) in [6.45, 7) is 0. The lowest BCUT2D eigenvalue weighted by molar-refractivity contribution is 0.0567. The molecule has 0 aromatic rings. The maximum absolute atomic E-state index is 6.47. The summed E-state index contributed by atoms with van der Waals surface area (Å²) in [4.78, 5) is 7.90. The number of piperidine rings is 1. The van der Waals surface area contributed by atoms with Gasteiger partial charge in [-0.25, -0.2) is 0 Å². The van der Waals surface area contributed by atoms with Crippen LogP contribution in [0.25, 0.3) is 0 Å². The molecule has 0 aromatic heterocycles. The van der Waals surface area contributed by atoms with E-state index in [0.29, 0.717) is 29.4 Å². The van der Waals surface area contributed by atoms with E-state index in [2.05, 4.69) is 17.3 Å². The van der Waals surface area contributed by atoms with E-state index in [9.17, 15) is 0 Å². The van der Waals surface area contributed by atoms with Crippen LogP contribution in [0.2, 0.25) is 0 Å². The van der Waals surface area contributed by atoms with Crippen LogP contribution < -0.4 is 5.32 Å². The van der Waals surface area contributed by atoms with Crippen molar-refractivity contribution in [1.82, 2.24) is 10.2 Å². The van der Waals surface area contributed by atoms with Gasteiger partial charge in [0.05, 0.1) is 22.8 Å². The third-order valence-corrected chi connectivity index (χ3v) is 9.91. The summed E-state index contributed by atoms with van der Waals surface area (Å²) in [5.74, 6) is 3.41. The van der Waals surface area contributed by atoms with Gasteiger partial charge >= 0.3 is 0 Å². The normalized spacial score (nSPS) is 53.0. The number of aliphatic imine (C=N–C) groups is 1. The van der Waals surface area contributed by atoms with Crippen LogP contribution in [0.5, 0.6) is 0 Å². The largest absolute Gasteiger partial charge is 0.369 e. The van der Waals surface area contributed by atoms with Crippen molar-refractivity contribution in [1.29, 1.82) is 0 Å². The van der Waals surface area contributed by atoms with E-state index in [1.54, 1.807) is 0 Å². The maximum Gasteiger partial charge on any atom is 0.102 e. The summed E-state index contributed by atoms with van der Waals surface area (Å²) in [5.41, 5.74) is 0. The van der Waals surface area contributed by atoms with Gasteiger partial charge in [0.15, 0.2) is 0 Å². The molecule has 5 unspecified atom stereocenters. The lowest BCUT2D eigenvalue weighted by Gasteiger charge is -2.47. The topological polar surface area (TPSA) is 27.6 Å². The Bertz CT molecular complexity index is 591. The highest BCUT2D eigenvalue weighted by Gasteiger charge is 2.52. The van der Waals surface area contributed by atoms with E-state index in [1.165, 1.54) is 50.8 Å². The predicted molar refractivity (Wildman–Crippen MR) is 114 cm³/mol. The van der Waals surface area contributed by atoms with Gasteiger partial charge in [0, 0.05) is 23.4 Å². The second-order valence-corrected chi connectivity index (χ2v) is 11.5. The summed E-state index contributed by atoms with van der Waals surface area (Å²) in [7, 11) is 2.34. The Morgan fingerprint density at radius 2 is 1.67 bits per heavy atom. The van der Waals surface area contributed by atoms with Gasteiger partial charge in [-0.05, 0) is 76.7 Å². The number of rotatable bonds is 2. The van der Waals surface area contributed by atoms with Crippen molar-refractivity contribution in [3.8, 4) is 0 Å². The molecule has 5 rings (SSSR count). The van der Waals surface area contributed by atoms with E-state index < -0.39 is 0 Å². The van der Waals surface area contributed by atoms with Gasteiger partial charge in [-0.1, -0.05) is 0 Å². The van der Waals surface area contributed by atoms with E-state index in [4.69, 9.17) is 39.8 Å². The fourth-order valence-corrected chi connectivity index (χ4v) is 7.69. The molecule has 2 bridgehead atoms. The first kappa shape index (κ1) is 19.3. The number of hydrogen-bond acceptors (Lipinski definition) is 3. The fraction of sp³-hybridized carbons (Fsp3) is 0.952. The lowest BCUT2D eigenvalue weighted by atomic mass is 9.68. The molecule has 0 amide bonds. The summed E-state index contributed by atoms with van der Waals surface area (Å²) >= 11 is 19.4. The minimum atomic E-state index is 0.0532. The number of nitrogens with one attached hydrogen (secondary N) is 1. The average molecular weight is 433 g/mol. The molecule has 0 radical (unpaired) electrons. The molecule has 152 valence electrons. The molecule has 2 aliphatic carbocycles. The molecule has 4 fully saturated rings. The van der Waals surface area contributed by atoms with Crippen molar-refractivity contribution in [3.05, 3.63) is 0 Å². The second kappa shape index (κ2) is 7.52. The first-order chi connectivity index (χ1) is 13.0. The van der Waals surface area contributed by atoms with E-state index >= 15 is 0 Å². The zero-order valence-electron chi connectivity index (χ0n) is 16.2. The van der Waals surface area contributed by atoms with E-state index in [0.717, 1.165) is 30.7 Å². The van der Waals surface area contributed by atoms with Gasteiger partial charge in [0.2, 0.25) is 0 Å². The zero-order chi connectivity index (χ0) is 18.7. The second-order valence-electron chi connectivity index (χ2n) is 9.74. The first-order valence-corrected chi connectivity index (χ1v) is 12.3. The van der Waals surface area contributed by atoms with Crippen LogP contribution in [-0.4, -0.2) is 58.1 Å². The maximum atomic E-state index is 6.47. The predicted octanol–water partition coefficient (Wildman–Crippen LogP) is 4.63. The number of nitrogens with zero attached hydrogens (tertiary/aromatic N) is 2. The quantitative estimate of drug-likeness (QED) is 0.644. The van der Waals surface area contributed by atoms with Gasteiger partial charge < -0.3 is 5.32 Å². The average Bonchev–Trinajstić information content (AvgIpc) is 3.13. The van der Waals surface area contributed by atoms with Crippen LogP contribution in [0.15, 0.2) is 4.99 Å². The van der Waals surface area contributed by atoms with Crippen LogP contribution in [0, 0.1) is 17.8 Å². The van der Waals surface area contributed by atoms with Crippen molar-refractivity contribution in [3.63, 3.8) is 0 Å². The Kier molecular flexibility index (Phi) is 5.37. The van der Waals surface area contributed by atoms with Crippen molar-refractivity contribution >= 4 is 40.6 Å². The highest BCUT2D eigenvalue weighted by molar-refractivity contribution is 6.30. The van der Waals surface area contributed by atoms with Gasteiger partial charge in [0.1, 0.15) is 5.84 Å². The zero-order valence-corrected chi connectivity index (χ0v) is 18.4. The smallest absolute Gasteiger partial charge is 0.102 e. The minimum Gasteiger partial charge on any atom is -0.369 e. The SMILES string of the molecule is CN1C2CC[C@@H]1C[C@H](C1CCC(Cl)CC1)[C@@H]2C1=NC2CC(Cl)C(Cl)CC2N1. The number of amidine groups is 1. The molecule has 2 saturated heterocycles. The monoisotopic (exact) mass is 431 g/mol. The highest BCUT2D eigenvalue weighted by Crippen LogP contribution is 2.49. The van der Waals surface area contributed by atoms with Gasteiger partial charge in [0.25, 0.3) is 0 Å². The molecule has 3 aliphatic heterocycles. The van der Waals surface area contributed by atoms with Gasteiger partial charge in [-0.2, -0.15) is 0 Å². The number of alkyl halides is 3. The van der Waals surface area contributed by atoms with Crippen molar-refractivity contribution in [2.45, 2.75) is 98.1 Å².